The zero-order valence-corrected chi connectivity index (χ0v) is 50.5. The Bertz CT molecular complexity index is 1680. The van der Waals surface area contributed by atoms with Crippen LogP contribution in [0.5, 0.6) is 0 Å². The smallest absolute Gasteiger partial charge is 0.462 e. The van der Waals surface area contributed by atoms with Crippen LogP contribution in [0.2, 0.25) is 0 Å². The highest BCUT2D eigenvalue weighted by atomic mass is 31.2. The maximum absolute atomic E-state index is 12.9. The first-order valence-electron chi connectivity index (χ1n) is 31.1. The van der Waals surface area contributed by atoms with E-state index in [-0.39, 0.29) is 25.9 Å². The van der Waals surface area contributed by atoms with Crippen molar-refractivity contribution in [3.05, 3.63) is 97.2 Å². The van der Waals surface area contributed by atoms with Gasteiger partial charge in [0, 0.05) is 19.3 Å². The van der Waals surface area contributed by atoms with Crippen LogP contribution < -0.4 is 0 Å². The summed E-state index contributed by atoms with van der Waals surface area (Å²) in [6.07, 6.45) is 70.8. The van der Waals surface area contributed by atoms with E-state index in [2.05, 4.69) is 106 Å². The van der Waals surface area contributed by atoms with Crippen molar-refractivity contribution in [1.29, 1.82) is 0 Å². The van der Waals surface area contributed by atoms with Crippen LogP contribution >= 0.6 is 7.82 Å². The molecule has 0 spiro atoms. The summed E-state index contributed by atoms with van der Waals surface area (Å²) in [5, 5.41) is 9.83. The molecule has 12 heteroatoms. The van der Waals surface area contributed by atoms with Gasteiger partial charge in [-0.1, -0.05) is 227 Å². The third kappa shape index (κ3) is 57.1. The molecule has 0 aromatic rings. The average Bonchev–Trinajstić information content (AvgIpc) is 3.43. The van der Waals surface area contributed by atoms with Crippen LogP contribution in [0.25, 0.3) is 0 Å². The molecule has 0 aromatic carbocycles. The van der Waals surface area contributed by atoms with E-state index in [9.17, 15) is 28.9 Å². The van der Waals surface area contributed by atoms with E-state index in [1.165, 1.54) is 103 Å². The molecule has 0 amide bonds. The number of rotatable bonds is 57. The van der Waals surface area contributed by atoms with Gasteiger partial charge in [0.25, 0.3) is 0 Å². The zero-order chi connectivity index (χ0) is 56.9. The number of esters is 3. The quantitative estimate of drug-likeness (QED) is 0.0197. The number of unbranched alkanes of at least 4 members (excludes halogenated alkanes) is 24. The number of hydrogen-bond acceptors (Lipinski definition) is 10. The third-order valence-electron chi connectivity index (χ3n) is 13.0. The Morgan fingerprint density at radius 1 is 0.372 bits per heavy atom. The van der Waals surface area contributed by atoms with Gasteiger partial charge in [0.15, 0.2) is 6.10 Å². The first-order chi connectivity index (χ1) is 38.2. The van der Waals surface area contributed by atoms with Crippen LogP contribution in [-0.2, 0) is 42.2 Å². The van der Waals surface area contributed by atoms with Crippen LogP contribution in [0.3, 0.4) is 0 Å². The van der Waals surface area contributed by atoms with Gasteiger partial charge in [-0.25, -0.2) is 4.57 Å². The van der Waals surface area contributed by atoms with Crippen LogP contribution in [0.4, 0.5) is 0 Å². The molecule has 11 nitrogen and oxygen atoms in total. The van der Waals surface area contributed by atoms with E-state index in [1.807, 2.05) is 12.2 Å². The number of phosphoric acid groups is 1. The number of aliphatic hydroxyl groups excluding tert-OH is 1. The summed E-state index contributed by atoms with van der Waals surface area (Å²) in [5.74, 6) is -1.54. The first-order valence-corrected chi connectivity index (χ1v) is 32.6. The minimum absolute atomic E-state index is 0.0945. The number of aliphatic hydroxyl groups is 1. The molecule has 0 rings (SSSR count). The molecule has 0 aliphatic rings. The lowest BCUT2D eigenvalue weighted by Gasteiger charge is -2.21. The van der Waals surface area contributed by atoms with E-state index in [0.717, 1.165) is 96.3 Å². The maximum Gasteiger partial charge on any atom is 0.472 e. The van der Waals surface area contributed by atoms with Crippen molar-refractivity contribution in [2.75, 3.05) is 26.4 Å². The molecule has 0 bridgehead atoms. The van der Waals surface area contributed by atoms with Gasteiger partial charge in [-0.15, -0.1) is 0 Å². The van der Waals surface area contributed by atoms with E-state index in [0.29, 0.717) is 25.7 Å². The van der Waals surface area contributed by atoms with Crippen molar-refractivity contribution in [3.63, 3.8) is 0 Å². The van der Waals surface area contributed by atoms with Crippen LogP contribution in [-0.4, -0.2) is 66.5 Å². The number of carbonyl (C=O) groups is 3. The van der Waals surface area contributed by atoms with Gasteiger partial charge >= 0.3 is 25.7 Å². The van der Waals surface area contributed by atoms with Crippen molar-refractivity contribution in [2.45, 2.75) is 277 Å². The van der Waals surface area contributed by atoms with Gasteiger partial charge in [0.2, 0.25) is 0 Å². The zero-order valence-electron chi connectivity index (χ0n) is 49.6. The topological polar surface area (TPSA) is 155 Å². The van der Waals surface area contributed by atoms with E-state index in [4.69, 9.17) is 23.3 Å². The van der Waals surface area contributed by atoms with E-state index < -0.39 is 57.8 Å². The number of hydrogen-bond donors (Lipinski definition) is 2. The normalized spacial score (nSPS) is 14.0. The molecule has 0 heterocycles. The molecule has 0 aliphatic heterocycles. The fraction of sp³-hybridized carbons (Fsp3) is 0.712. The Kier molecular flexibility index (Phi) is 56.8. The van der Waals surface area contributed by atoms with Crippen molar-refractivity contribution in [1.82, 2.24) is 0 Å². The molecule has 3 atom stereocenters. The van der Waals surface area contributed by atoms with Gasteiger partial charge in [-0.05, 0) is 116 Å². The highest BCUT2D eigenvalue weighted by molar-refractivity contribution is 7.47. The van der Waals surface area contributed by atoms with Crippen LogP contribution in [0, 0.1) is 0 Å². The molecule has 0 saturated carbocycles. The Morgan fingerprint density at radius 2 is 0.679 bits per heavy atom. The second kappa shape index (κ2) is 59.5. The van der Waals surface area contributed by atoms with Crippen molar-refractivity contribution >= 4 is 25.7 Å². The summed E-state index contributed by atoms with van der Waals surface area (Å²) >= 11 is 0. The Labute approximate surface area is 476 Å². The van der Waals surface area contributed by atoms with Gasteiger partial charge in [0.1, 0.15) is 12.7 Å². The molecule has 448 valence electrons. The Hall–Kier alpha value is -3.60. The summed E-state index contributed by atoms with van der Waals surface area (Å²) in [7, 11) is -4.77. The fourth-order valence-electron chi connectivity index (χ4n) is 8.24. The maximum atomic E-state index is 12.9. The van der Waals surface area contributed by atoms with E-state index >= 15 is 0 Å². The highest BCUT2D eigenvalue weighted by Crippen LogP contribution is 2.43. The SMILES string of the molecule is CC/C=C\C/C=C\C/C=C\C/C=C\C/C=C\CCCC(=O)OC(CO)COP(=O)(O)OCC(COC(=O)CCCCCCC/C=C\C/C=C\CCCCC)OC(=O)CCCCCCCCCCC/C=C\CCCCCCCC. The second-order valence-corrected chi connectivity index (χ2v) is 21.9. The number of ether oxygens (including phenoxy) is 3. The molecule has 0 aliphatic carbocycles. The van der Waals surface area contributed by atoms with Crippen LogP contribution in [0.1, 0.15) is 265 Å². The van der Waals surface area contributed by atoms with Gasteiger partial charge in [-0.2, -0.15) is 0 Å². The summed E-state index contributed by atoms with van der Waals surface area (Å²) < 4.78 is 39.6. The molecule has 0 radical (unpaired) electrons. The third-order valence-corrected chi connectivity index (χ3v) is 13.9. The van der Waals surface area contributed by atoms with Crippen molar-refractivity contribution in [3.8, 4) is 0 Å². The largest absolute Gasteiger partial charge is 0.472 e. The van der Waals surface area contributed by atoms with E-state index in [1.54, 1.807) is 0 Å². The first kappa shape index (κ1) is 74.4. The number of phosphoric ester groups is 1. The standard InChI is InChI=1S/C66H113O11P/c1-4-7-10-13-16-19-22-25-28-30-31-33-36-39-42-45-48-51-54-57-66(70)77-63(59-73-64(68)55-52-49-46-43-40-37-34-27-24-21-18-15-12-9-6-3)61-75-78(71,72)74-60-62(58-67)76-65(69)56-53-50-47-44-41-38-35-32-29-26-23-20-17-14-11-8-5-2/h8,11,17-18,20-21,25-29,34-35,38,44,47,62-63,67H,4-7,9-10,12-16,19,22-24,30-33,36-37,39-43,45-46,48-61H2,1-3H3,(H,71,72)/b11-8-,20-17-,21-18-,28-25-,29-26-,34-27-,38-35-,47-44-. The van der Waals surface area contributed by atoms with Gasteiger partial charge in [0.05, 0.1) is 19.8 Å². The molecule has 2 N–H and O–H groups in total. The highest BCUT2D eigenvalue weighted by Gasteiger charge is 2.28. The Balaban J connectivity index is 4.78. The second-order valence-electron chi connectivity index (χ2n) is 20.5. The number of carbonyl (C=O) groups excluding carboxylic acids is 3. The lowest BCUT2D eigenvalue weighted by molar-refractivity contribution is -0.161. The molecule has 0 fully saturated rings. The van der Waals surface area contributed by atoms with Crippen LogP contribution in [0.15, 0.2) is 97.2 Å². The van der Waals surface area contributed by atoms with Crippen molar-refractivity contribution < 1.29 is 52.2 Å². The predicted octanol–water partition coefficient (Wildman–Crippen LogP) is 18.8. The summed E-state index contributed by atoms with van der Waals surface area (Å²) in [6, 6.07) is 0. The molecule has 3 unspecified atom stereocenters. The lowest BCUT2D eigenvalue weighted by Crippen LogP contribution is -2.30. The Morgan fingerprint density at radius 3 is 1.12 bits per heavy atom. The molecule has 0 saturated heterocycles. The van der Waals surface area contributed by atoms with Gasteiger partial charge in [-0.3, -0.25) is 23.4 Å². The molecule has 0 aromatic heterocycles. The number of allylic oxidation sites excluding steroid dienone is 16. The van der Waals surface area contributed by atoms with Gasteiger partial charge < -0.3 is 24.2 Å². The summed E-state index contributed by atoms with van der Waals surface area (Å²) in [5.41, 5.74) is 0. The monoisotopic (exact) mass is 1110 g/mol. The summed E-state index contributed by atoms with van der Waals surface area (Å²) in [6.45, 7) is 4.44. The molecule has 78 heavy (non-hydrogen) atoms. The fourth-order valence-corrected chi connectivity index (χ4v) is 9.02. The molecular formula is C66H113O11P. The van der Waals surface area contributed by atoms with Crippen molar-refractivity contribution in [2.24, 2.45) is 0 Å². The predicted molar refractivity (Wildman–Crippen MR) is 325 cm³/mol. The average molecular weight is 1110 g/mol. The minimum Gasteiger partial charge on any atom is -0.462 e. The molecular weight excluding hydrogens is 1000 g/mol. The lowest BCUT2D eigenvalue weighted by atomic mass is 10.1. The summed E-state index contributed by atoms with van der Waals surface area (Å²) in [4.78, 5) is 48.7. The minimum atomic E-state index is -4.77.